The first kappa shape index (κ1) is 39.5. The van der Waals surface area contributed by atoms with E-state index in [2.05, 4.69) is 41.6 Å². The predicted molar refractivity (Wildman–Crippen MR) is 142 cm³/mol. The van der Waals surface area contributed by atoms with Crippen molar-refractivity contribution in [2.45, 2.75) is 41.5 Å². The van der Waals surface area contributed by atoms with Crippen LogP contribution in [-0.2, 0) is 7.05 Å². The predicted octanol–water partition coefficient (Wildman–Crippen LogP) is 3.65. The molecule has 186 valence electrons. The summed E-state index contributed by atoms with van der Waals surface area (Å²) in [4.78, 5) is 9.11. The summed E-state index contributed by atoms with van der Waals surface area (Å²) >= 11 is 0. The van der Waals surface area contributed by atoms with Gasteiger partial charge in [0.15, 0.2) is 0 Å². The Labute approximate surface area is 192 Å². The van der Waals surface area contributed by atoms with Crippen LogP contribution in [0.15, 0.2) is 24.5 Å². The third-order valence-corrected chi connectivity index (χ3v) is 4.06. The van der Waals surface area contributed by atoms with Crippen LogP contribution in [0.3, 0.4) is 0 Å². The van der Waals surface area contributed by atoms with Crippen molar-refractivity contribution < 1.29 is 0 Å². The van der Waals surface area contributed by atoms with Crippen molar-refractivity contribution in [3.8, 4) is 0 Å². The lowest BCUT2D eigenvalue weighted by Gasteiger charge is -2.28. The highest BCUT2D eigenvalue weighted by Gasteiger charge is 2.07. The maximum atomic E-state index is 4.50. The number of rotatable bonds is 0. The Balaban J connectivity index is -0.0000000891. The van der Waals surface area contributed by atoms with Gasteiger partial charge < -0.3 is 29.9 Å². The quantitative estimate of drug-likeness (QED) is 0.678. The highest BCUT2D eigenvalue weighted by atomic mass is 15.2. The number of nitrogens with two attached hydrogens (primary N) is 1. The van der Waals surface area contributed by atoms with Gasteiger partial charge in [0.25, 0.3) is 0 Å². The Hall–Kier alpha value is -0.920. The first-order valence-electron chi connectivity index (χ1n) is 10.1. The van der Waals surface area contributed by atoms with E-state index >= 15 is 0 Å². The number of hydrogen-bond donors (Lipinski definition) is 1. The Morgan fingerprint density at radius 3 is 1.00 bits per heavy atom. The molecule has 6 heteroatoms. The van der Waals surface area contributed by atoms with Crippen LogP contribution in [0.5, 0.6) is 0 Å². The number of likely N-dealkylation sites (tertiary alicyclic amines) is 1. The maximum absolute atomic E-state index is 4.50. The van der Waals surface area contributed by atoms with Crippen LogP contribution in [0.1, 0.15) is 41.5 Å². The molecule has 0 aromatic carbocycles. The van der Waals surface area contributed by atoms with Gasteiger partial charge in [-0.2, -0.15) is 0 Å². The monoisotopic (exact) mass is 432 g/mol. The molecular weight excluding hydrogens is 372 g/mol. The van der Waals surface area contributed by atoms with E-state index in [-0.39, 0.29) is 22.3 Å². The van der Waals surface area contributed by atoms with Gasteiger partial charge >= 0.3 is 0 Å². The van der Waals surface area contributed by atoms with Crippen LogP contribution in [0.25, 0.3) is 0 Å². The summed E-state index contributed by atoms with van der Waals surface area (Å²) in [5, 5.41) is 0. The van der Waals surface area contributed by atoms with Gasteiger partial charge in [-0.1, -0.05) is 28.7 Å². The molecular formula is C24H60N6. The largest absolute Gasteiger partial charge is 0.357 e. The minimum Gasteiger partial charge on any atom is -0.357 e. The fourth-order valence-electron chi connectivity index (χ4n) is 2.38. The SMILES string of the molecule is C.C.C.CN.CN(C)C.CN1CCCCC1.CN1CCN(C)CC1.Cn1cccc1. The summed E-state index contributed by atoms with van der Waals surface area (Å²) < 4.78 is 2.00. The molecule has 0 saturated carbocycles. The average molecular weight is 433 g/mol. The van der Waals surface area contributed by atoms with Gasteiger partial charge in [-0.05, 0) is 87.4 Å². The van der Waals surface area contributed by atoms with Gasteiger partial charge in [0.05, 0.1) is 0 Å². The minimum absolute atomic E-state index is 0. The Bertz CT molecular complexity index is 354. The number of aryl methyl sites for hydroxylation is 1. The Kier molecular flexibility index (Phi) is 37.0. The molecule has 2 N–H and O–H groups in total. The van der Waals surface area contributed by atoms with E-state index in [1.807, 2.05) is 62.2 Å². The molecule has 30 heavy (non-hydrogen) atoms. The molecule has 0 bridgehead atoms. The standard InChI is InChI=1S/C6H14N2.C6H13N.C5H7N.C3H9N.CH5N.3CH4/c1-7-3-5-8(2)6-4-7;1-7-5-3-2-4-6-7;1-6-4-2-3-5-6;1-4(2)3;1-2;;;/h3-6H2,1-2H3;2-6H2,1H3;2-5H,1H3;1-3H3;2H2,1H3;3*1H4. The second-order valence-electron chi connectivity index (χ2n) is 7.66. The van der Waals surface area contributed by atoms with E-state index in [1.165, 1.54) is 65.6 Å². The zero-order valence-corrected chi connectivity index (χ0v) is 19.5. The van der Waals surface area contributed by atoms with E-state index < -0.39 is 0 Å². The van der Waals surface area contributed by atoms with E-state index in [0.29, 0.717) is 0 Å². The fraction of sp³-hybridized carbons (Fsp3) is 0.833. The molecule has 2 saturated heterocycles. The zero-order valence-electron chi connectivity index (χ0n) is 19.5. The highest BCUT2D eigenvalue weighted by Crippen LogP contribution is 2.04. The molecule has 0 unspecified atom stereocenters. The van der Waals surface area contributed by atoms with Crippen molar-refractivity contribution >= 4 is 0 Å². The van der Waals surface area contributed by atoms with Gasteiger partial charge in [0.2, 0.25) is 0 Å². The van der Waals surface area contributed by atoms with E-state index in [1.54, 1.807) is 0 Å². The lowest BCUT2D eigenvalue weighted by molar-refractivity contribution is 0.181. The summed E-state index contributed by atoms with van der Waals surface area (Å²) in [6.07, 6.45) is 8.28. The van der Waals surface area contributed by atoms with Crippen molar-refractivity contribution in [1.82, 2.24) is 24.2 Å². The van der Waals surface area contributed by atoms with Gasteiger partial charge in [-0.25, -0.2) is 0 Å². The van der Waals surface area contributed by atoms with Crippen LogP contribution >= 0.6 is 0 Å². The van der Waals surface area contributed by atoms with Crippen LogP contribution in [-0.4, -0.2) is 113 Å². The molecule has 6 nitrogen and oxygen atoms in total. The van der Waals surface area contributed by atoms with E-state index in [0.717, 1.165) is 0 Å². The number of nitrogens with zero attached hydrogens (tertiary/aromatic N) is 5. The van der Waals surface area contributed by atoms with Crippen LogP contribution in [0, 0.1) is 0 Å². The lowest BCUT2D eigenvalue weighted by Crippen LogP contribution is -2.42. The van der Waals surface area contributed by atoms with Crippen molar-refractivity contribution in [2.75, 3.05) is 88.6 Å². The summed E-state index contributed by atoms with van der Waals surface area (Å²) in [5.74, 6) is 0. The minimum atomic E-state index is 0. The number of piperidine rings is 1. The molecule has 1 aromatic rings. The molecule has 2 fully saturated rings. The van der Waals surface area contributed by atoms with Crippen molar-refractivity contribution in [2.24, 2.45) is 12.8 Å². The Morgan fingerprint density at radius 1 is 0.567 bits per heavy atom. The molecule has 0 radical (unpaired) electrons. The lowest BCUT2D eigenvalue weighted by atomic mass is 10.1. The van der Waals surface area contributed by atoms with E-state index in [4.69, 9.17) is 0 Å². The Morgan fingerprint density at radius 2 is 0.833 bits per heavy atom. The van der Waals surface area contributed by atoms with Gasteiger partial charge in [-0.3, -0.25) is 0 Å². The van der Waals surface area contributed by atoms with Crippen LogP contribution < -0.4 is 5.73 Å². The molecule has 0 aliphatic carbocycles. The number of aromatic nitrogens is 1. The molecule has 1 aromatic heterocycles. The fourth-order valence-corrected chi connectivity index (χ4v) is 2.38. The second kappa shape index (κ2) is 28.1. The normalized spacial score (nSPS) is 16.1. The summed E-state index contributed by atoms with van der Waals surface area (Å²) in [7, 11) is 16.0. The highest BCUT2D eigenvalue weighted by molar-refractivity contribution is 4.88. The summed E-state index contributed by atoms with van der Waals surface area (Å²) in [6, 6.07) is 4.00. The maximum Gasteiger partial charge on any atom is 0.0107 e. The van der Waals surface area contributed by atoms with Crippen molar-refractivity contribution in [3.63, 3.8) is 0 Å². The summed E-state index contributed by atoms with van der Waals surface area (Å²) in [5.41, 5.74) is 4.50. The smallest absolute Gasteiger partial charge is 0.0107 e. The van der Waals surface area contributed by atoms with Crippen LogP contribution in [0.4, 0.5) is 0 Å². The first-order valence-corrected chi connectivity index (χ1v) is 10.1. The molecule has 2 aliphatic rings. The number of piperazine rings is 1. The summed E-state index contributed by atoms with van der Waals surface area (Å²) in [6.45, 7) is 7.57. The number of likely N-dealkylation sites (N-methyl/N-ethyl adjacent to an activating group) is 2. The van der Waals surface area contributed by atoms with Crippen LogP contribution in [0.2, 0.25) is 0 Å². The van der Waals surface area contributed by atoms with Gasteiger partial charge in [0.1, 0.15) is 0 Å². The number of hydrogen-bond acceptors (Lipinski definition) is 5. The molecule has 0 spiro atoms. The average Bonchev–Trinajstić information content (AvgIpc) is 3.12. The van der Waals surface area contributed by atoms with Gasteiger partial charge in [-0.15, -0.1) is 0 Å². The molecule has 0 atom stereocenters. The first-order chi connectivity index (χ1) is 12.8. The third-order valence-electron chi connectivity index (χ3n) is 4.06. The zero-order chi connectivity index (χ0) is 21.1. The molecule has 2 aliphatic heterocycles. The van der Waals surface area contributed by atoms with Crippen molar-refractivity contribution in [3.05, 3.63) is 24.5 Å². The van der Waals surface area contributed by atoms with Gasteiger partial charge in [0, 0.05) is 45.6 Å². The molecule has 3 rings (SSSR count). The van der Waals surface area contributed by atoms with E-state index in [9.17, 15) is 0 Å². The second-order valence-corrected chi connectivity index (χ2v) is 7.66. The third kappa shape index (κ3) is 31.8. The molecule has 0 amide bonds. The van der Waals surface area contributed by atoms with Crippen molar-refractivity contribution in [1.29, 1.82) is 0 Å². The topological polar surface area (TPSA) is 43.9 Å². The molecule has 3 heterocycles.